The van der Waals surface area contributed by atoms with Gasteiger partial charge >= 0.3 is 0 Å². The molecule has 3 heterocycles. The highest BCUT2D eigenvalue weighted by molar-refractivity contribution is 5.95. The zero-order chi connectivity index (χ0) is 21.3. The number of likely N-dealkylation sites (tertiary alicyclic amines) is 1. The van der Waals surface area contributed by atoms with Crippen molar-refractivity contribution in [1.29, 1.82) is 0 Å². The van der Waals surface area contributed by atoms with Crippen LogP contribution < -0.4 is 5.32 Å². The van der Waals surface area contributed by atoms with Crippen LogP contribution in [0.4, 0.5) is 5.82 Å². The fraction of sp³-hybridized carbons (Fsp3) is 0.458. The first kappa shape index (κ1) is 20.5. The van der Waals surface area contributed by atoms with E-state index in [9.17, 15) is 4.79 Å². The largest absolute Gasteiger partial charge is 0.334 e. The van der Waals surface area contributed by atoms with Crippen molar-refractivity contribution in [2.45, 2.75) is 33.6 Å². The van der Waals surface area contributed by atoms with Crippen molar-refractivity contribution in [1.82, 2.24) is 19.4 Å². The number of imidazole rings is 1. The summed E-state index contributed by atoms with van der Waals surface area (Å²) >= 11 is 0. The van der Waals surface area contributed by atoms with E-state index in [0.29, 0.717) is 11.2 Å². The van der Waals surface area contributed by atoms with E-state index in [-0.39, 0.29) is 11.8 Å². The second-order valence-electron chi connectivity index (χ2n) is 9.62. The van der Waals surface area contributed by atoms with Gasteiger partial charge in [0.25, 0.3) is 0 Å². The van der Waals surface area contributed by atoms with Crippen LogP contribution in [0.1, 0.15) is 33.6 Å². The van der Waals surface area contributed by atoms with Crippen LogP contribution in [0.5, 0.6) is 0 Å². The highest BCUT2D eigenvalue weighted by atomic mass is 16.1. The second kappa shape index (κ2) is 8.19. The topological polar surface area (TPSA) is 63.1 Å². The van der Waals surface area contributed by atoms with Crippen molar-refractivity contribution in [3.05, 3.63) is 43.0 Å². The van der Waals surface area contributed by atoms with Crippen LogP contribution in [0.2, 0.25) is 0 Å². The van der Waals surface area contributed by atoms with Gasteiger partial charge in [0.1, 0.15) is 5.82 Å². The lowest BCUT2D eigenvalue weighted by molar-refractivity contribution is -0.121. The third-order valence-electron chi connectivity index (χ3n) is 5.74. The molecule has 0 atom stereocenters. The standard InChI is InChI=1S/C24H31N5O/c1-24(2,3)15-29-9-7-17(8-10-29)23(30)27-22-12-20-11-18(5-6-19(20)13-26-22)21-14-25-16-28(21)4/h5-6,11-14,16-17H,7-10,15H2,1-4H3,(H,26,27,30). The number of hydrogen-bond acceptors (Lipinski definition) is 4. The molecule has 1 fully saturated rings. The molecule has 1 aromatic carbocycles. The zero-order valence-electron chi connectivity index (χ0n) is 18.4. The van der Waals surface area contributed by atoms with Crippen LogP contribution >= 0.6 is 0 Å². The summed E-state index contributed by atoms with van der Waals surface area (Å²) in [5.41, 5.74) is 2.44. The number of benzene rings is 1. The average Bonchev–Trinajstić information content (AvgIpc) is 3.12. The van der Waals surface area contributed by atoms with Gasteiger partial charge in [-0.3, -0.25) is 4.79 Å². The van der Waals surface area contributed by atoms with Crippen LogP contribution in [0.3, 0.4) is 0 Å². The minimum atomic E-state index is 0.0551. The Morgan fingerprint density at radius 1 is 1.13 bits per heavy atom. The van der Waals surface area contributed by atoms with Gasteiger partial charge in [0.2, 0.25) is 5.91 Å². The lowest BCUT2D eigenvalue weighted by atomic mass is 9.91. The summed E-state index contributed by atoms with van der Waals surface area (Å²) < 4.78 is 2.00. The molecular weight excluding hydrogens is 374 g/mol. The molecule has 1 N–H and O–H groups in total. The van der Waals surface area contributed by atoms with Crippen LogP contribution in [0.15, 0.2) is 43.0 Å². The lowest BCUT2D eigenvalue weighted by Crippen LogP contribution is -2.41. The molecule has 6 heteroatoms. The molecule has 6 nitrogen and oxygen atoms in total. The second-order valence-corrected chi connectivity index (χ2v) is 9.62. The molecule has 1 aliphatic heterocycles. The van der Waals surface area contributed by atoms with Gasteiger partial charge in [-0.1, -0.05) is 32.9 Å². The Hall–Kier alpha value is -2.73. The molecule has 2 aromatic heterocycles. The first-order valence-corrected chi connectivity index (χ1v) is 10.7. The molecular formula is C24H31N5O. The number of carbonyl (C=O) groups excluding carboxylic acids is 1. The van der Waals surface area contributed by atoms with Gasteiger partial charge in [0.15, 0.2) is 0 Å². The maximum Gasteiger partial charge on any atom is 0.228 e. The van der Waals surface area contributed by atoms with E-state index in [4.69, 9.17) is 0 Å². The van der Waals surface area contributed by atoms with Gasteiger partial charge < -0.3 is 14.8 Å². The average molecular weight is 406 g/mol. The highest BCUT2D eigenvalue weighted by Gasteiger charge is 2.27. The van der Waals surface area contributed by atoms with Crippen LogP contribution in [0, 0.1) is 11.3 Å². The molecule has 1 aliphatic rings. The number of fused-ring (bicyclic) bond motifs is 1. The number of amides is 1. The van der Waals surface area contributed by atoms with Gasteiger partial charge in [-0.2, -0.15) is 0 Å². The third-order valence-corrected chi connectivity index (χ3v) is 5.74. The summed E-state index contributed by atoms with van der Waals surface area (Å²) in [6, 6.07) is 8.21. The molecule has 158 valence electrons. The summed E-state index contributed by atoms with van der Waals surface area (Å²) in [4.78, 5) is 23.9. The molecule has 0 aliphatic carbocycles. The first-order valence-electron chi connectivity index (χ1n) is 10.7. The summed E-state index contributed by atoms with van der Waals surface area (Å²) in [6.07, 6.45) is 7.28. The monoisotopic (exact) mass is 405 g/mol. The van der Waals surface area contributed by atoms with Crippen molar-refractivity contribution >= 4 is 22.5 Å². The van der Waals surface area contributed by atoms with E-state index in [1.807, 2.05) is 30.1 Å². The molecule has 0 radical (unpaired) electrons. The Morgan fingerprint density at radius 2 is 1.90 bits per heavy atom. The predicted molar refractivity (Wildman–Crippen MR) is 121 cm³/mol. The number of pyridine rings is 1. The summed E-state index contributed by atoms with van der Waals surface area (Å²) in [6.45, 7) is 9.82. The predicted octanol–water partition coefficient (Wildman–Crippen LogP) is 4.33. The van der Waals surface area contributed by atoms with Crippen molar-refractivity contribution in [2.24, 2.45) is 18.4 Å². The van der Waals surface area contributed by atoms with Gasteiger partial charge in [-0.15, -0.1) is 0 Å². The molecule has 0 bridgehead atoms. The maximum atomic E-state index is 12.8. The van der Waals surface area contributed by atoms with Gasteiger partial charge in [-0.25, -0.2) is 9.97 Å². The smallest absolute Gasteiger partial charge is 0.228 e. The lowest BCUT2D eigenvalue weighted by Gasteiger charge is -2.35. The Balaban J connectivity index is 1.43. The fourth-order valence-corrected chi connectivity index (χ4v) is 4.26. The summed E-state index contributed by atoms with van der Waals surface area (Å²) in [7, 11) is 1.98. The normalized spacial score (nSPS) is 16.1. The Kier molecular flexibility index (Phi) is 5.60. The van der Waals surface area contributed by atoms with E-state index < -0.39 is 0 Å². The quantitative estimate of drug-likeness (QED) is 0.702. The third kappa shape index (κ3) is 4.70. The zero-order valence-corrected chi connectivity index (χ0v) is 18.4. The number of carbonyl (C=O) groups is 1. The van der Waals surface area contributed by atoms with E-state index >= 15 is 0 Å². The molecule has 0 spiro atoms. The van der Waals surface area contributed by atoms with E-state index in [2.05, 4.69) is 59.2 Å². The maximum absolute atomic E-state index is 12.8. The molecule has 1 amide bonds. The number of rotatable bonds is 4. The van der Waals surface area contributed by atoms with Crippen LogP contribution in [-0.2, 0) is 11.8 Å². The van der Waals surface area contributed by atoms with Crippen molar-refractivity contribution in [3.8, 4) is 11.3 Å². The minimum absolute atomic E-state index is 0.0551. The van der Waals surface area contributed by atoms with Crippen molar-refractivity contribution in [2.75, 3.05) is 25.0 Å². The van der Waals surface area contributed by atoms with Gasteiger partial charge in [0.05, 0.1) is 18.2 Å². The van der Waals surface area contributed by atoms with Gasteiger partial charge in [0, 0.05) is 36.7 Å². The Labute approximate surface area is 178 Å². The number of piperidine rings is 1. The highest BCUT2D eigenvalue weighted by Crippen LogP contribution is 2.26. The van der Waals surface area contributed by atoms with Crippen molar-refractivity contribution < 1.29 is 4.79 Å². The van der Waals surface area contributed by atoms with Gasteiger partial charge in [-0.05, 0) is 48.9 Å². The van der Waals surface area contributed by atoms with Crippen LogP contribution in [-0.4, -0.2) is 45.0 Å². The van der Waals surface area contributed by atoms with Crippen molar-refractivity contribution in [3.63, 3.8) is 0 Å². The van der Waals surface area contributed by atoms with Crippen LogP contribution in [0.25, 0.3) is 22.0 Å². The molecule has 0 saturated carbocycles. The first-order chi connectivity index (χ1) is 14.3. The summed E-state index contributed by atoms with van der Waals surface area (Å²) in [5.74, 6) is 0.756. The van der Waals surface area contributed by atoms with E-state index in [0.717, 1.165) is 54.5 Å². The molecule has 30 heavy (non-hydrogen) atoms. The molecule has 4 rings (SSSR count). The SMILES string of the molecule is Cn1cncc1-c1ccc2cnc(NC(=O)C3CCN(CC(C)(C)C)CC3)cc2c1. The molecule has 0 unspecified atom stereocenters. The summed E-state index contributed by atoms with van der Waals surface area (Å²) in [5, 5.41) is 5.15. The Bertz CT molecular complexity index is 1040. The number of nitrogens with one attached hydrogen (secondary N) is 1. The number of anilines is 1. The van der Waals surface area contributed by atoms with E-state index in [1.54, 1.807) is 6.33 Å². The number of aromatic nitrogens is 3. The van der Waals surface area contributed by atoms with E-state index in [1.165, 1.54) is 0 Å². The molecule has 1 saturated heterocycles. The number of aryl methyl sites for hydroxylation is 1. The Morgan fingerprint density at radius 3 is 2.57 bits per heavy atom. The molecule has 3 aromatic rings. The minimum Gasteiger partial charge on any atom is -0.334 e. The number of nitrogens with zero attached hydrogens (tertiary/aromatic N) is 4. The fourth-order valence-electron chi connectivity index (χ4n) is 4.26. The number of hydrogen-bond donors (Lipinski definition) is 1.